The number of hydrogen-bond acceptors (Lipinski definition) is 5. The van der Waals surface area contributed by atoms with Gasteiger partial charge in [-0.2, -0.15) is 18.3 Å². The molecule has 0 spiro atoms. The van der Waals surface area contributed by atoms with Crippen LogP contribution >= 0.6 is 11.6 Å². The molecule has 2 aromatic heterocycles. The topological polar surface area (TPSA) is 69.0 Å². The number of anilines is 1. The molecule has 32 heavy (non-hydrogen) atoms. The number of hydrogen-bond donors (Lipinski definition) is 1. The third kappa shape index (κ3) is 6.08. The number of alkyl halides is 5. The molecule has 0 saturated carbocycles. The number of nitrogens with zero attached hydrogens (tertiary/aromatic N) is 3. The van der Waals surface area contributed by atoms with Crippen molar-refractivity contribution < 1.29 is 31.5 Å². The summed E-state index contributed by atoms with van der Waals surface area (Å²) in [7, 11) is 0. The van der Waals surface area contributed by atoms with Gasteiger partial charge in [-0.25, -0.2) is 18.6 Å². The standard InChI is InChI=1S/C20H24ClF5N4O2/c1-6-30-16(14(21)15(29-30)17(31)32-7-2)11-9-27-13(8-12(11)19(5,22)23)28-18(3,4)10-20(24,25)26/h8-9H,6-7,10H2,1-5H3,(H,27,28). The Labute approximate surface area is 187 Å². The predicted octanol–water partition coefficient (Wildman–Crippen LogP) is 6.05. The molecule has 0 aromatic carbocycles. The summed E-state index contributed by atoms with van der Waals surface area (Å²) in [6.07, 6.45) is -4.58. The Morgan fingerprint density at radius 2 is 1.81 bits per heavy atom. The van der Waals surface area contributed by atoms with Crippen molar-refractivity contribution in [1.29, 1.82) is 0 Å². The van der Waals surface area contributed by atoms with Crippen LogP contribution in [0, 0.1) is 0 Å². The zero-order chi connectivity index (χ0) is 24.5. The number of ether oxygens (including phenoxy) is 1. The van der Waals surface area contributed by atoms with Gasteiger partial charge in [-0.05, 0) is 33.8 Å². The molecule has 0 saturated heterocycles. The van der Waals surface area contributed by atoms with E-state index in [2.05, 4.69) is 15.4 Å². The molecule has 0 amide bonds. The Morgan fingerprint density at radius 3 is 2.31 bits per heavy atom. The second kappa shape index (κ2) is 9.21. The molecular formula is C20H24ClF5N4O2. The van der Waals surface area contributed by atoms with Crippen LogP contribution in [0.2, 0.25) is 5.02 Å². The van der Waals surface area contributed by atoms with Crippen LogP contribution in [0.4, 0.5) is 27.8 Å². The number of nitrogens with one attached hydrogen (secondary N) is 1. The van der Waals surface area contributed by atoms with Crippen LogP contribution in [0.15, 0.2) is 12.3 Å². The van der Waals surface area contributed by atoms with E-state index in [-0.39, 0.29) is 40.9 Å². The van der Waals surface area contributed by atoms with E-state index in [4.69, 9.17) is 16.3 Å². The Balaban J connectivity index is 2.60. The van der Waals surface area contributed by atoms with Crippen LogP contribution in [0.3, 0.4) is 0 Å². The van der Waals surface area contributed by atoms with Crippen LogP contribution in [-0.2, 0) is 17.2 Å². The van der Waals surface area contributed by atoms with E-state index in [1.54, 1.807) is 13.8 Å². The van der Waals surface area contributed by atoms with Gasteiger partial charge >= 0.3 is 12.1 Å². The third-order valence-electron chi connectivity index (χ3n) is 4.40. The smallest absolute Gasteiger partial charge is 0.391 e. The molecule has 2 rings (SSSR count). The molecule has 0 aliphatic rings. The van der Waals surface area contributed by atoms with Crippen molar-refractivity contribution in [2.45, 2.75) is 65.2 Å². The van der Waals surface area contributed by atoms with Crippen LogP contribution in [0.25, 0.3) is 11.3 Å². The van der Waals surface area contributed by atoms with Crippen molar-refractivity contribution in [3.63, 3.8) is 0 Å². The molecule has 0 bridgehead atoms. The Hall–Kier alpha value is -2.43. The first-order valence-electron chi connectivity index (χ1n) is 9.76. The lowest BCUT2D eigenvalue weighted by Crippen LogP contribution is -2.36. The molecule has 6 nitrogen and oxygen atoms in total. The summed E-state index contributed by atoms with van der Waals surface area (Å²) in [6, 6.07) is 0.973. The molecule has 2 aromatic rings. The Kier molecular flexibility index (Phi) is 7.43. The maximum Gasteiger partial charge on any atom is 0.391 e. The Bertz CT molecular complexity index is 984. The minimum atomic E-state index is -4.46. The van der Waals surface area contributed by atoms with E-state index in [1.807, 2.05) is 0 Å². The highest BCUT2D eigenvalue weighted by Gasteiger charge is 2.38. The average molecular weight is 483 g/mol. The van der Waals surface area contributed by atoms with Gasteiger partial charge < -0.3 is 10.1 Å². The molecule has 0 radical (unpaired) electrons. The van der Waals surface area contributed by atoms with Crippen LogP contribution in [0.5, 0.6) is 0 Å². The second-order valence-electron chi connectivity index (χ2n) is 7.85. The van der Waals surface area contributed by atoms with Crippen LogP contribution < -0.4 is 5.32 Å². The number of aryl methyl sites for hydroxylation is 1. The van der Waals surface area contributed by atoms with E-state index in [1.165, 1.54) is 18.5 Å². The molecule has 178 valence electrons. The monoisotopic (exact) mass is 482 g/mol. The summed E-state index contributed by atoms with van der Waals surface area (Å²) in [6.45, 7) is 6.75. The maximum absolute atomic E-state index is 14.5. The van der Waals surface area contributed by atoms with Crippen LogP contribution in [0.1, 0.15) is 57.1 Å². The average Bonchev–Trinajstić information content (AvgIpc) is 2.95. The summed E-state index contributed by atoms with van der Waals surface area (Å²) >= 11 is 6.32. The summed E-state index contributed by atoms with van der Waals surface area (Å²) in [4.78, 5) is 16.2. The first kappa shape index (κ1) is 25.8. The van der Waals surface area contributed by atoms with Gasteiger partial charge in [-0.3, -0.25) is 4.68 Å². The van der Waals surface area contributed by atoms with Crippen molar-refractivity contribution in [3.05, 3.63) is 28.5 Å². The zero-order valence-electron chi connectivity index (χ0n) is 18.2. The summed E-state index contributed by atoms with van der Waals surface area (Å²) in [5.74, 6) is -4.38. The maximum atomic E-state index is 14.5. The molecule has 0 aliphatic carbocycles. The van der Waals surface area contributed by atoms with Crippen molar-refractivity contribution >= 4 is 23.4 Å². The number of carbonyl (C=O) groups excluding carboxylic acids is 1. The summed E-state index contributed by atoms with van der Waals surface area (Å²) < 4.78 is 73.7. The first-order chi connectivity index (χ1) is 14.6. The molecule has 0 aliphatic heterocycles. The lowest BCUT2D eigenvalue weighted by molar-refractivity contribution is -0.142. The molecule has 0 fully saturated rings. The quantitative estimate of drug-likeness (QED) is 0.366. The van der Waals surface area contributed by atoms with E-state index in [0.717, 1.165) is 12.3 Å². The largest absolute Gasteiger partial charge is 0.461 e. The van der Waals surface area contributed by atoms with Gasteiger partial charge in [-0.15, -0.1) is 0 Å². The summed E-state index contributed by atoms with van der Waals surface area (Å²) in [5, 5.41) is 6.44. The number of rotatable bonds is 8. The Morgan fingerprint density at radius 1 is 1.19 bits per heavy atom. The van der Waals surface area contributed by atoms with Gasteiger partial charge in [0.2, 0.25) is 0 Å². The lowest BCUT2D eigenvalue weighted by Gasteiger charge is -2.28. The summed E-state index contributed by atoms with van der Waals surface area (Å²) in [5.41, 5.74) is -2.34. The number of aromatic nitrogens is 3. The van der Waals surface area contributed by atoms with E-state index in [9.17, 15) is 26.7 Å². The third-order valence-corrected chi connectivity index (χ3v) is 4.76. The fourth-order valence-corrected chi connectivity index (χ4v) is 3.54. The van der Waals surface area contributed by atoms with Crippen molar-refractivity contribution in [3.8, 4) is 11.3 Å². The van der Waals surface area contributed by atoms with Crippen LogP contribution in [-0.4, -0.2) is 39.1 Å². The zero-order valence-corrected chi connectivity index (χ0v) is 19.0. The van der Waals surface area contributed by atoms with Crippen molar-refractivity contribution in [1.82, 2.24) is 14.8 Å². The highest BCUT2D eigenvalue weighted by molar-refractivity contribution is 6.35. The molecule has 0 unspecified atom stereocenters. The number of carbonyl (C=O) groups is 1. The fourth-order valence-electron chi connectivity index (χ4n) is 3.22. The van der Waals surface area contributed by atoms with E-state index in [0.29, 0.717) is 6.92 Å². The van der Waals surface area contributed by atoms with E-state index >= 15 is 0 Å². The van der Waals surface area contributed by atoms with Gasteiger partial charge in [0, 0.05) is 36.3 Å². The first-order valence-corrected chi connectivity index (χ1v) is 10.1. The van der Waals surface area contributed by atoms with E-state index < -0.39 is 35.6 Å². The normalized spacial score (nSPS) is 12.7. The molecule has 1 N–H and O–H groups in total. The highest BCUT2D eigenvalue weighted by atomic mass is 35.5. The number of esters is 1. The number of pyridine rings is 1. The van der Waals surface area contributed by atoms with Gasteiger partial charge in [0.15, 0.2) is 5.69 Å². The number of halogens is 6. The van der Waals surface area contributed by atoms with Gasteiger partial charge in [0.25, 0.3) is 5.92 Å². The van der Waals surface area contributed by atoms with Gasteiger partial charge in [0.1, 0.15) is 10.8 Å². The molecular weight excluding hydrogens is 459 g/mol. The minimum Gasteiger partial charge on any atom is -0.461 e. The fraction of sp³-hybridized carbons (Fsp3) is 0.550. The van der Waals surface area contributed by atoms with Crippen molar-refractivity contribution in [2.75, 3.05) is 11.9 Å². The molecule has 2 heterocycles. The molecule has 12 heteroatoms. The van der Waals surface area contributed by atoms with Crippen molar-refractivity contribution in [2.24, 2.45) is 0 Å². The lowest BCUT2D eigenvalue weighted by atomic mass is 9.98. The minimum absolute atomic E-state index is 0.0300. The predicted molar refractivity (Wildman–Crippen MR) is 110 cm³/mol. The van der Waals surface area contributed by atoms with Gasteiger partial charge in [-0.1, -0.05) is 11.6 Å². The SMILES string of the molecule is CCOC(=O)c1nn(CC)c(-c2cnc(NC(C)(C)CC(F)(F)F)cc2C(C)(F)F)c1Cl. The molecule has 0 atom stereocenters. The van der Waals surface area contributed by atoms with Gasteiger partial charge in [0.05, 0.1) is 18.7 Å². The highest BCUT2D eigenvalue weighted by Crippen LogP contribution is 2.41. The second-order valence-corrected chi connectivity index (χ2v) is 8.23.